The van der Waals surface area contributed by atoms with Gasteiger partial charge in [-0.3, -0.25) is 4.79 Å². The zero-order chi connectivity index (χ0) is 16.2. The molecule has 3 rings (SSSR count). The Labute approximate surface area is 134 Å². The lowest BCUT2D eigenvalue weighted by molar-refractivity contribution is 0.0827. The molecule has 3 aromatic rings. The highest BCUT2D eigenvalue weighted by atomic mass is 16.2. The van der Waals surface area contributed by atoms with Crippen LogP contribution in [0.3, 0.4) is 0 Å². The lowest BCUT2D eigenvalue weighted by atomic mass is 10.1. The van der Waals surface area contributed by atoms with Crippen molar-refractivity contribution >= 4 is 5.91 Å². The van der Waals surface area contributed by atoms with Crippen LogP contribution in [0.5, 0.6) is 0 Å². The monoisotopic (exact) mass is 307 g/mol. The summed E-state index contributed by atoms with van der Waals surface area (Å²) in [7, 11) is 3.47. The number of tetrazole rings is 1. The molecule has 0 aliphatic rings. The average Bonchev–Trinajstić information content (AvgIpc) is 3.03. The van der Waals surface area contributed by atoms with E-state index < -0.39 is 0 Å². The molecular weight excluding hydrogens is 290 g/mol. The number of benzene rings is 2. The summed E-state index contributed by atoms with van der Waals surface area (Å²) in [5.74, 6) is 0.564. The zero-order valence-corrected chi connectivity index (χ0v) is 13.0. The number of hydrogen-bond acceptors (Lipinski definition) is 4. The first-order valence-corrected chi connectivity index (χ1v) is 7.27. The van der Waals surface area contributed by atoms with Crippen LogP contribution in [0.4, 0.5) is 0 Å². The van der Waals surface area contributed by atoms with E-state index in [1.807, 2.05) is 48.5 Å². The second kappa shape index (κ2) is 6.39. The second-order valence-electron chi connectivity index (χ2n) is 5.41. The van der Waals surface area contributed by atoms with Crippen molar-refractivity contribution in [1.29, 1.82) is 0 Å². The van der Waals surface area contributed by atoms with E-state index in [1.165, 1.54) is 4.80 Å². The van der Waals surface area contributed by atoms with Gasteiger partial charge >= 0.3 is 0 Å². The van der Waals surface area contributed by atoms with Crippen molar-refractivity contribution in [3.05, 3.63) is 65.7 Å². The molecular formula is C17H17N5O. The van der Waals surface area contributed by atoms with E-state index in [-0.39, 0.29) is 5.91 Å². The lowest BCUT2D eigenvalue weighted by Gasteiger charge is -2.10. The first-order chi connectivity index (χ1) is 11.1. The fraction of sp³-hybridized carbons (Fsp3) is 0.176. The molecule has 0 N–H and O–H groups in total. The molecule has 2 aromatic carbocycles. The Morgan fingerprint density at radius 2 is 1.87 bits per heavy atom. The fourth-order valence-corrected chi connectivity index (χ4v) is 2.24. The Kier molecular flexibility index (Phi) is 4.14. The van der Waals surface area contributed by atoms with Crippen LogP contribution in [0.1, 0.15) is 15.9 Å². The molecule has 0 unspecified atom stereocenters. The molecule has 0 bridgehead atoms. The molecule has 6 heteroatoms. The maximum absolute atomic E-state index is 12.0. The summed E-state index contributed by atoms with van der Waals surface area (Å²) in [5, 5.41) is 12.5. The fourth-order valence-electron chi connectivity index (χ4n) is 2.24. The average molecular weight is 307 g/mol. The molecule has 1 heterocycles. The first kappa shape index (κ1) is 14.9. The Morgan fingerprint density at radius 1 is 1.09 bits per heavy atom. The van der Waals surface area contributed by atoms with Gasteiger partial charge in [0.25, 0.3) is 5.91 Å². The molecule has 23 heavy (non-hydrogen) atoms. The Balaban J connectivity index is 1.79. The number of rotatable bonds is 4. The zero-order valence-electron chi connectivity index (χ0n) is 13.0. The van der Waals surface area contributed by atoms with E-state index >= 15 is 0 Å². The molecule has 0 fully saturated rings. The number of aromatic nitrogens is 4. The largest absolute Gasteiger partial charge is 0.345 e. The van der Waals surface area contributed by atoms with Crippen molar-refractivity contribution in [2.45, 2.75) is 6.54 Å². The highest BCUT2D eigenvalue weighted by Crippen LogP contribution is 2.13. The summed E-state index contributed by atoms with van der Waals surface area (Å²) >= 11 is 0. The van der Waals surface area contributed by atoms with E-state index in [9.17, 15) is 4.79 Å². The number of carbonyl (C=O) groups excluding carboxylic acids is 1. The van der Waals surface area contributed by atoms with Crippen LogP contribution in [0.25, 0.3) is 11.4 Å². The second-order valence-corrected chi connectivity index (χ2v) is 5.41. The molecule has 0 spiro atoms. The minimum absolute atomic E-state index is 0.0247. The van der Waals surface area contributed by atoms with E-state index in [1.54, 1.807) is 25.1 Å². The minimum Gasteiger partial charge on any atom is -0.345 e. The predicted molar refractivity (Wildman–Crippen MR) is 86.8 cm³/mol. The standard InChI is InChI=1S/C17H17N5O/c1-21(2)17(23)15-10-6-7-13(11-15)12-22-19-16(18-20-22)14-8-4-3-5-9-14/h3-11H,12H2,1-2H3. The normalized spacial score (nSPS) is 10.5. The minimum atomic E-state index is -0.0247. The van der Waals surface area contributed by atoms with Gasteiger partial charge in [-0.25, -0.2) is 0 Å². The number of hydrogen-bond donors (Lipinski definition) is 0. The summed E-state index contributed by atoms with van der Waals surface area (Å²) in [4.78, 5) is 15.1. The summed E-state index contributed by atoms with van der Waals surface area (Å²) in [6, 6.07) is 17.2. The molecule has 1 aromatic heterocycles. The first-order valence-electron chi connectivity index (χ1n) is 7.27. The van der Waals surface area contributed by atoms with Gasteiger partial charge in [-0.15, -0.1) is 10.2 Å². The van der Waals surface area contributed by atoms with Gasteiger partial charge in [0.1, 0.15) is 0 Å². The Bertz CT molecular complexity index is 811. The predicted octanol–water partition coefficient (Wildman–Crippen LogP) is 2.09. The third kappa shape index (κ3) is 3.42. The summed E-state index contributed by atoms with van der Waals surface area (Å²) in [6.45, 7) is 0.467. The summed E-state index contributed by atoms with van der Waals surface area (Å²) in [5.41, 5.74) is 2.53. The number of amides is 1. The van der Waals surface area contributed by atoms with Crippen LogP contribution in [0, 0.1) is 0 Å². The SMILES string of the molecule is CN(C)C(=O)c1cccc(Cn2nnc(-c3ccccc3)n2)c1. The number of carbonyl (C=O) groups is 1. The number of nitrogens with zero attached hydrogens (tertiary/aromatic N) is 5. The van der Waals surface area contributed by atoms with Gasteiger partial charge < -0.3 is 4.90 Å². The van der Waals surface area contributed by atoms with Crippen LogP contribution >= 0.6 is 0 Å². The van der Waals surface area contributed by atoms with Gasteiger partial charge in [-0.2, -0.15) is 4.80 Å². The molecule has 116 valence electrons. The smallest absolute Gasteiger partial charge is 0.253 e. The summed E-state index contributed by atoms with van der Waals surface area (Å²) in [6.07, 6.45) is 0. The van der Waals surface area contributed by atoms with Crippen LogP contribution < -0.4 is 0 Å². The molecule has 1 amide bonds. The van der Waals surface area contributed by atoms with Crippen LogP contribution in [0.15, 0.2) is 54.6 Å². The Hall–Kier alpha value is -3.02. The molecule has 0 aliphatic carbocycles. The topological polar surface area (TPSA) is 63.9 Å². The van der Waals surface area contributed by atoms with Gasteiger partial charge in [0.05, 0.1) is 6.54 Å². The molecule has 0 atom stereocenters. The highest BCUT2D eigenvalue weighted by Gasteiger charge is 2.10. The molecule has 0 saturated heterocycles. The Morgan fingerprint density at radius 3 is 2.61 bits per heavy atom. The lowest BCUT2D eigenvalue weighted by Crippen LogP contribution is -2.21. The van der Waals surface area contributed by atoms with Gasteiger partial charge in [0.15, 0.2) is 0 Å². The van der Waals surface area contributed by atoms with Crippen molar-refractivity contribution in [3.8, 4) is 11.4 Å². The van der Waals surface area contributed by atoms with Crippen molar-refractivity contribution in [2.24, 2.45) is 0 Å². The van der Waals surface area contributed by atoms with Crippen LogP contribution in [-0.4, -0.2) is 45.1 Å². The van der Waals surface area contributed by atoms with Gasteiger partial charge in [-0.1, -0.05) is 42.5 Å². The van der Waals surface area contributed by atoms with E-state index in [0.717, 1.165) is 11.1 Å². The molecule has 6 nitrogen and oxygen atoms in total. The highest BCUT2D eigenvalue weighted by molar-refractivity contribution is 5.94. The van der Waals surface area contributed by atoms with E-state index in [0.29, 0.717) is 17.9 Å². The maximum atomic E-state index is 12.0. The van der Waals surface area contributed by atoms with Gasteiger partial charge in [0.2, 0.25) is 5.82 Å². The van der Waals surface area contributed by atoms with Crippen molar-refractivity contribution < 1.29 is 4.79 Å². The molecule has 0 aliphatic heterocycles. The molecule has 0 radical (unpaired) electrons. The molecule has 0 saturated carbocycles. The van der Waals surface area contributed by atoms with Crippen LogP contribution in [-0.2, 0) is 6.54 Å². The van der Waals surface area contributed by atoms with Crippen molar-refractivity contribution in [3.63, 3.8) is 0 Å². The third-order valence-corrected chi connectivity index (χ3v) is 3.39. The van der Waals surface area contributed by atoms with E-state index in [4.69, 9.17) is 0 Å². The van der Waals surface area contributed by atoms with Gasteiger partial charge in [0, 0.05) is 25.2 Å². The van der Waals surface area contributed by atoms with Gasteiger partial charge in [-0.05, 0) is 22.9 Å². The summed E-state index contributed by atoms with van der Waals surface area (Å²) < 4.78 is 0. The van der Waals surface area contributed by atoms with Crippen molar-refractivity contribution in [2.75, 3.05) is 14.1 Å². The van der Waals surface area contributed by atoms with E-state index in [2.05, 4.69) is 15.4 Å². The quantitative estimate of drug-likeness (QED) is 0.740. The maximum Gasteiger partial charge on any atom is 0.253 e. The van der Waals surface area contributed by atoms with Crippen molar-refractivity contribution in [1.82, 2.24) is 25.1 Å². The third-order valence-electron chi connectivity index (χ3n) is 3.39. The van der Waals surface area contributed by atoms with Crippen LogP contribution in [0.2, 0.25) is 0 Å².